The van der Waals surface area contributed by atoms with Crippen LogP contribution in [0.25, 0.3) is 0 Å². The summed E-state index contributed by atoms with van der Waals surface area (Å²) < 4.78 is 11.8. The lowest BCUT2D eigenvalue weighted by molar-refractivity contribution is -0.144. The van der Waals surface area contributed by atoms with Crippen molar-refractivity contribution >= 4 is 39.3 Å². The Bertz CT molecular complexity index is 1060. The summed E-state index contributed by atoms with van der Waals surface area (Å²) in [5, 5.41) is 9.54. The number of alkyl halides is 1. The van der Waals surface area contributed by atoms with Crippen molar-refractivity contribution in [2.45, 2.75) is 35.4 Å². The van der Waals surface area contributed by atoms with Gasteiger partial charge in [0, 0.05) is 43.8 Å². The molecule has 1 spiro atoms. The van der Waals surface area contributed by atoms with Crippen molar-refractivity contribution in [1.29, 1.82) is 0 Å². The van der Waals surface area contributed by atoms with Gasteiger partial charge in [-0.2, -0.15) is 0 Å². The number of likely N-dealkylation sites (N-methyl/N-ethyl adjacent to an activating group) is 1. The van der Waals surface area contributed by atoms with E-state index in [4.69, 9.17) is 9.47 Å². The van der Waals surface area contributed by atoms with E-state index in [2.05, 4.69) is 29.1 Å². The van der Waals surface area contributed by atoms with Gasteiger partial charge >= 0.3 is 0 Å². The van der Waals surface area contributed by atoms with Gasteiger partial charge in [-0.05, 0) is 37.1 Å². The number of benzene rings is 1. The van der Waals surface area contributed by atoms with Gasteiger partial charge < -0.3 is 29.3 Å². The monoisotopic (exact) mass is 575 g/mol. The highest BCUT2D eigenvalue weighted by Crippen LogP contribution is 2.60. The van der Waals surface area contributed by atoms with Gasteiger partial charge in [0.1, 0.15) is 17.4 Å². The molecule has 0 saturated carbocycles. The molecule has 3 fully saturated rings. The molecule has 9 nitrogen and oxygen atoms in total. The molecule has 200 valence electrons. The van der Waals surface area contributed by atoms with Gasteiger partial charge in [-0.1, -0.05) is 28.1 Å². The van der Waals surface area contributed by atoms with Crippen LogP contribution >= 0.6 is 15.9 Å². The fourth-order valence-electron chi connectivity index (χ4n) is 6.07. The molecule has 3 aliphatic heterocycles. The van der Waals surface area contributed by atoms with Crippen LogP contribution in [0.1, 0.15) is 12.8 Å². The number of carbonyl (C=O) groups is 3. The van der Waals surface area contributed by atoms with Crippen LogP contribution < -0.4 is 9.64 Å². The van der Waals surface area contributed by atoms with Crippen LogP contribution in [0.15, 0.2) is 49.6 Å². The van der Waals surface area contributed by atoms with Crippen LogP contribution in [0, 0.1) is 11.8 Å². The third-order valence-electron chi connectivity index (χ3n) is 7.61. The normalized spacial score (nSPS) is 29.7. The van der Waals surface area contributed by atoms with Crippen molar-refractivity contribution in [3.05, 3.63) is 49.6 Å². The molecule has 6 atom stereocenters. The van der Waals surface area contributed by atoms with Crippen LogP contribution in [0.4, 0.5) is 5.69 Å². The molecular weight excluding hydrogens is 542 g/mol. The molecule has 1 N–H and O–H groups in total. The average molecular weight is 576 g/mol. The molecule has 3 amide bonds. The zero-order valence-corrected chi connectivity index (χ0v) is 22.8. The van der Waals surface area contributed by atoms with Crippen molar-refractivity contribution in [2.24, 2.45) is 11.8 Å². The van der Waals surface area contributed by atoms with Crippen molar-refractivity contribution in [3.63, 3.8) is 0 Å². The molecule has 4 rings (SSSR count). The summed E-state index contributed by atoms with van der Waals surface area (Å²) in [4.78, 5) is 46.2. The maximum absolute atomic E-state index is 14.3. The molecule has 0 radical (unpaired) electrons. The van der Waals surface area contributed by atoms with Gasteiger partial charge in [-0.25, -0.2) is 0 Å². The largest absolute Gasteiger partial charge is 0.497 e. The number of hydrogen-bond donors (Lipinski definition) is 1. The second-order valence-electron chi connectivity index (χ2n) is 9.72. The summed E-state index contributed by atoms with van der Waals surface area (Å²) in [6.45, 7) is 8.13. The van der Waals surface area contributed by atoms with Crippen LogP contribution in [0.3, 0.4) is 0 Å². The van der Waals surface area contributed by atoms with Gasteiger partial charge in [0.25, 0.3) is 5.91 Å². The van der Waals surface area contributed by atoms with E-state index in [9.17, 15) is 19.5 Å². The zero-order chi connectivity index (χ0) is 26.9. The zero-order valence-electron chi connectivity index (χ0n) is 21.2. The summed E-state index contributed by atoms with van der Waals surface area (Å²) in [6, 6.07) is 6.13. The molecule has 37 heavy (non-hydrogen) atoms. The lowest BCUT2D eigenvalue weighted by Gasteiger charge is -2.37. The maximum atomic E-state index is 14.3. The highest BCUT2D eigenvalue weighted by atomic mass is 79.9. The molecule has 10 heteroatoms. The van der Waals surface area contributed by atoms with Crippen LogP contribution in [0.2, 0.25) is 0 Å². The molecule has 3 aliphatic rings. The summed E-state index contributed by atoms with van der Waals surface area (Å²) in [6.07, 6.45) is 3.45. The molecule has 3 unspecified atom stereocenters. The second-order valence-corrected chi connectivity index (χ2v) is 10.9. The minimum atomic E-state index is -1.16. The van der Waals surface area contributed by atoms with E-state index in [1.165, 1.54) is 9.80 Å². The number of methoxy groups -OCH3 is 1. The standard InChI is InChI=1S/C27H34BrN3O6/c1-5-12-29(3)24(33)20-21-25(34)31(14-7-15-32)23(27(21)16-19(28)22(20)37-27)26(35)30(13-6-2)17-8-10-18(36-4)11-9-17/h5-6,8-11,19-23,32H,1-2,7,12-16H2,3-4H3/t19?,20-,21-,22-,23?,27?/m0/s1. The number of aliphatic hydroxyl groups is 1. The Hall–Kier alpha value is -2.69. The van der Waals surface area contributed by atoms with Crippen molar-refractivity contribution in [3.8, 4) is 5.75 Å². The van der Waals surface area contributed by atoms with Crippen LogP contribution in [-0.4, -0.2) is 95.6 Å². The number of aliphatic hydroxyl groups excluding tert-OH is 1. The second kappa shape index (κ2) is 11.0. The lowest BCUT2D eigenvalue weighted by atomic mass is 9.70. The summed E-state index contributed by atoms with van der Waals surface area (Å²) in [7, 11) is 3.24. The van der Waals surface area contributed by atoms with Gasteiger partial charge in [0.15, 0.2) is 0 Å². The third kappa shape index (κ3) is 4.49. The summed E-state index contributed by atoms with van der Waals surface area (Å²) in [5.41, 5.74) is -0.537. The van der Waals surface area contributed by atoms with Gasteiger partial charge in [-0.15, -0.1) is 13.2 Å². The Morgan fingerprint density at radius 3 is 2.51 bits per heavy atom. The number of rotatable bonds is 11. The summed E-state index contributed by atoms with van der Waals surface area (Å²) >= 11 is 3.68. The molecule has 0 aromatic heterocycles. The minimum absolute atomic E-state index is 0.133. The Morgan fingerprint density at radius 1 is 1.24 bits per heavy atom. The topological polar surface area (TPSA) is 99.6 Å². The Labute approximate surface area is 225 Å². The van der Waals surface area contributed by atoms with Crippen molar-refractivity contribution in [2.75, 3.05) is 45.3 Å². The first-order chi connectivity index (χ1) is 17.7. The Balaban J connectivity index is 1.77. The van der Waals surface area contributed by atoms with E-state index in [1.54, 1.807) is 55.5 Å². The third-order valence-corrected chi connectivity index (χ3v) is 8.45. The van der Waals surface area contributed by atoms with E-state index in [0.29, 0.717) is 30.8 Å². The van der Waals surface area contributed by atoms with Crippen molar-refractivity contribution in [1.82, 2.24) is 9.80 Å². The van der Waals surface area contributed by atoms with E-state index < -0.39 is 29.6 Å². The summed E-state index contributed by atoms with van der Waals surface area (Å²) in [5.74, 6) is -1.67. The number of nitrogens with zero attached hydrogens (tertiary/aromatic N) is 3. The SMILES string of the molecule is C=CCN(C)C(=O)[C@H]1[C@H]2C(=O)N(CCCO)C(C(=O)N(CC=C)c3ccc(OC)cc3)C23CC(Br)[C@@H]1O3. The van der Waals surface area contributed by atoms with Gasteiger partial charge in [-0.3, -0.25) is 14.4 Å². The number of amides is 3. The average Bonchev–Trinajstić information content (AvgIpc) is 3.48. The molecule has 3 saturated heterocycles. The highest BCUT2D eigenvalue weighted by molar-refractivity contribution is 9.09. The first kappa shape index (κ1) is 27.3. The fraction of sp³-hybridized carbons (Fsp3) is 0.519. The predicted molar refractivity (Wildman–Crippen MR) is 142 cm³/mol. The van der Waals surface area contributed by atoms with E-state index in [0.717, 1.165) is 0 Å². The number of fused-ring (bicyclic) bond motifs is 1. The number of likely N-dealkylation sites (tertiary alicyclic amines) is 1. The number of carbonyl (C=O) groups excluding carboxylic acids is 3. The number of hydrogen-bond acceptors (Lipinski definition) is 6. The molecule has 1 aromatic rings. The van der Waals surface area contributed by atoms with Gasteiger partial charge in [0.05, 0.1) is 25.0 Å². The first-order valence-electron chi connectivity index (χ1n) is 12.4. The predicted octanol–water partition coefficient (Wildman–Crippen LogP) is 1.99. The lowest BCUT2D eigenvalue weighted by Crippen LogP contribution is -2.57. The molecule has 1 aromatic carbocycles. The quantitative estimate of drug-likeness (QED) is 0.320. The molecule has 0 aliphatic carbocycles. The Morgan fingerprint density at radius 2 is 1.92 bits per heavy atom. The fourth-order valence-corrected chi connectivity index (χ4v) is 7.01. The van der Waals surface area contributed by atoms with Crippen molar-refractivity contribution < 1.29 is 29.0 Å². The number of halogens is 1. The van der Waals surface area contributed by atoms with Gasteiger partial charge in [0.2, 0.25) is 11.8 Å². The highest BCUT2D eigenvalue weighted by Gasteiger charge is 2.76. The van der Waals surface area contributed by atoms with Crippen LogP contribution in [0.5, 0.6) is 5.75 Å². The molecule has 3 heterocycles. The minimum Gasteiger partial charge on any atom is -0.497 e. The van der Waals surface area contributed by atoms with E-state index in [-0.39, 0.29) is 42.2 Å². The smallest absolute Gasteiger partial charge is 0.253 e. The van der Waals surface area contributed by atoms with E-state index in [1.807, 2.05) is 0 Å². The molecular formula is C27H34BrN3O6. The number of ether oxygens (including phenoxy) is 2. The first-order valence-corrected chi connectivity index (χ1v) is 13.3. The van der Waals surface area contributed by atoms with Crippen LogP contribution in [-0.2, 0) is 19.1 Å². The maximum Gasteiger partial charge on any atom is 0.253 e. The number of anilines is 1. The molecule has 2 bridgehead atoms. The van der Waals surface area contributed by atoms with E-state index >= 15 is 0 Å². The Kier molecular flexibility index (Phi) is 8.11.